The number of piperidine rings is 1. The first kappa shape index (κ1) is 24.7. The molecule has 9 nitrogen and oxygen atoms in total. The number of para-hydroxylation sites is 1. The van der Waals surface area contributed by atoms with Gasteiger partial charge < -0.3 is 9.64 Å². The Hall–Kier alpha value is -2.98. The number of benzene rings is 1. The van der Waals surface area contributed by atoms with Crippen LogP contribution in [0.15, 0.2) is 36.4 Å². The van der Waals surface area contributed by atoms with E-state index in [1.807, 2.05) is 30.3 Å². The van der Waals surface area contributed by atoms with E-state index in [-0.39, 0.29) is 11.8 Å². The van der Waals surface area contributed by atoms with E-state index in [4.69, 9.17) is 9.84 Å². The molecule has 1 aromatic carbocycles. The molecule has 0 bridgehead atoms. The average molecular weight is 512 g/mol. The van der Waals surface area contributed by atoms with Gasteiger partial charge in [-0.05, 0) is 50.3 Å². The third-order valence-corrected chi connectivity index (χ3v) is 7.54. The summed E-state index contributed by atoms with van der Waals surface area (Å²) in [5.74, 6) is -0.396. The highest BCUT2D eigenvalue weighted by molar-refractivity contribution is 7.89. The van der Waals surface area contributed by atoms with E-state index < -0.39 is 15.9 Å². The molecule has 1 N–H and O–H groups in total. The van der Waals surface area contributed by atoms with Gasteiger partial charge in [-0.25, -0.2) is 22.8 Å². The number of ether oxygens (including phenoxy) is 1. The third kappa shape index (κ3) is 5.10. The van der Waals surface area contributed by atoms with E-state index in [1.165, 1.54) is 6.42 Å². The van der Waals surface area contributed by atoms with E-state index in [2.05, 4.69) is 21.5 Å². The van der Waals surface area contributed by atoms with Gasteiger partial charge in [-0.2, -0.15) is 5.10 Å². The van der Waals surface area contributed by atoms with Crippen LogP contribution in [0.2, 0.25) is 0 Å². The monoisotopic (exact) mass is 511 g/mol. The quantitative estimate of drug-likeness (QED) is 0.491. The van der Waals surface area contributed by atoms with Crippen molar-refractivity contribution in [2.24, 2.45) is 0 Å². The number of carbonyl (C=O) groups is 1. The topological polar surface area (TPSA) is 106 Å². The molecule has 36 heavy (non-hydrogen) atoms. The van der Waals surface area contributed by atoms with Crippen LogP contribution in [0.25, 0.3) is 16.7 Å². The Bertz CT molecular complexity index is 1340. The number of fused-ring (bicyclic) bond motifs is 1. The lowest BCUT2D eigenvalue weighted by atomic mass is 9.82. The zero-order valence-corrected chi connectivity index (χ0v) is 21.6. The molecule has 1 saturated heterocycles. The van der Waals surface area contributed by atoms with Crippen molar-refractivity contribution in [2.45, 2.75) is 57.5 Å². The number of hydrogen-bond donors (Lipinski definition) is 1. The number of nitrogens with one attached hydrogen (secondary N) is 1. The molecule has 1 saturated carbocycles. The van der Waals surface area contributed by atoms with Crippen LogP contribution in [0.3, 0.4) is 0 Å². The SMILES string of the molecule is CCCOC1CCN(c2cc(C(=O)NS(C)(=O)=O)nc3c2c(C2CCC2)nn3-c2ccccc2)CC1. The van der Waals surface area contributed by atoms with Crippen molar-refractivity contribution in [3.63, 3.8) is 0 Å². The number of aromatic nitrogens is 3. The fourth-order valence-electron chi connectivity index (χ4n) is 4.97. The minimum absolute atomic E-state index is 0.0597. The highest BCUT2D eigenvalue weighted by Crippen LogP contribution is 2.43. The van der Waals surface area contributed by atoms with Crippen LogP contribution < -0.4 is 9.62 Å². The molecule has 2 aliphatic rings. The van der Waals surface area contributed by atoms with Crippen LogP contribution in [0.4, 0.5) is 5.69 Å². The zero-order valence-electron chi connectivity index (χ0n) is 20.8. The van der Waals surface area contributed by atoms with Gasteiger partial charge in [-0.3, -0.25) is 4.79 Å². The molecule has 1 aliphatic carbocycles. The third-order valence-electron chi connectivity index (χ3n) is 6.99. The second kappa shape index (κ2) is 10.2. The van der Waals surface area contributed by atoms with Crippen molar-refractivity contribution in [3.8, 4) is 5.69 Å². The van der Waals surface area contributed by atoms with Crippen LogP contribution in [0, 0.1) is 0 Å². The molecule has 0 spiro atoms. The number of anilines is 1. The molecule has 2 aromatic heterocycles. The maximum Gasteiger partial charge on any atom is 0.283 e. The summed E-state index contributed by atoms with van der Waals surface area (Å²) in [5, 5.41) is 5.97. The smallest absolute Gasteiger partial charge is 0.283 e. The molecule has 10 heteroatoms. The molecule has 5 rings (SSSR count). The lowest BCUT2D eigenvalue weighted by Gasteiger charge is -2.34. The molecule has 2 fully saturated rings. The highest BCUT2D eigenvalue weighted by atomic mass is 32.2. The van der Waals surface area contributed by atoms with Gasteiger partial charge >= 0.3 is 0 Å². The van der Waals surface area contributed by atoms with E-state index >= 15 is 0 Å². The fraction of sp³-hybridized carbons (Fsp3) is 0.500. The molecule has 192 valence electrons. The first-order valence-electron chi connectivity index (χ1n) is 12.7. The molecule has 1 amide bonds. The lowest BCUT2D eigenvalue weighted by molar-refractivity contribution is 0.0375. The van der Waals surface area contributed by atoms with Crippen LogP contribution in [0.5, 0.6) is 0 Å². The Labute approximate surface area is 211 Å². The predicted molar refractivity (Wildman–Crippen MR) is 139 cm³/mol. The van der Waals surface area contributed by atoms with Crippen molar-refractivity contribution < 1.29 is 17.9 Å². The molecule has 3 aromatic rings. The van der Waals surface area contributed by atoms with Crippen molar-refractivity contribution in [2.75, 3.05) is 30.9 Å². The van der Waals surface area contributed by atoms with Crippen LogP contribution in [0.1, 0.15) is 67.5 Å². The minimum atomic E-state index is -3.74. The Morgan fingerprint density at radius 2 is 1.86 bits per heavy atom. The number of hydrogen-bond acceptors (Lipinski definition) is 7. The van der Waals surface area contributed by atoms with Gasteiger partial charge in [0.05, 0.1) is 34.8 Å². The van der Waals surface area contributed by atoms with Gasteiger partial charge in [-0.1, -0.05) is 31.5 Å². The molecule has 0 atom stereocenters. The molecular formula is C26H33N5O4S. The summed E-state index contributed by atoms with van der Waals surface area (Å²) < 4.78 is 33.5. The highest BCUT2D eigenvalue weighted by Gasteiger charge is 2.31. The first-order chi connectivity index (χ1) is 17.3. The van der Waals surface area contributed by atoms with Gasteiger partial charge in [0.15, 0.2) is 5.65 Å². The van der Waals surface area contributed by atoms with Crippen molar-refractivity contribution in [1.82, 2.24) is 19.5 Å². The van der Waals surface area contributed by atoms with E-state index in [0.717, 1.165) is 80.5 Å². The summed E-state index contributed by atoms with van der Waals surface area (Å²) in [6.07, 6.45) is 7.28. The predicted octanol–water partition coefficient (Wildman–Crippen LogP) is 3.77. The number of rotatable bonds is 8. The van der Waals surface area contributed by atoms with E-state index in [9.17, 15) is 13.2 Å². The van der Waals surface area contributed by atoms with Crippen molar-refractivity contribution >= 4 is 32.7 Å². The fourth-order valence-corrected chi connectivity index (χ4v) is 5.41. The number of sulfonamides is 1. The normalized spacial score (nSPS) is 17.3. The number of pyridine rings is 1. The first-order valence-corrected chi connectivity index (χ1v) is 14.6. The van der Waals surface area contributed by atoms with Crippen LogP contribution in [-0.4, -0.2) is 61.1 Å². The number of amides is 1. The summed E-state index contributed by atoms with van der Waals surface area (Å²) in [6, 6.07) is 11.5. The second-order valence-electron chi connectivity index (χ2n) is 9.75. The van der Waals surface area contributed by atoms with Gasteiger partial charge in [0.2, 0.25) is 10.0 Å². The van der Waals surface area contributed by atoms with E-state index in [1.54, 1.807) is 10.7 Å². The summed E-state index contributed by atoms with van der Waals surface area (Å²) >= 11 is 0. The molecule has 3 heterocycles. The van der Waals surface area contributed by atoms with Crippen LogP contribution >= 0.6 is 0 Å². The Balaban J connectivity index is 1.64. The van der Waals surface area contributed by atoms with Gasteiger partial charge in [0.25, 0.3) is 5.91 Å². The zero-order chi connectivity index (χ0) is 25.3. The summed E-state index contributed by atoms with van der Waals surface area (Å²) in [6.45, 7) is 4.43. The number of nitrogens with zero attached hydrogens (tertiary/aromatic N) is 4. The second-order valence-corrected chi connectivity index (χ2v) is 11.5. The maximum atomic E-state index is 12.9. The Morgan fingerprint density at radius 1 is 1.14 bits per heavy atom. The average Bonchev–Trinajstić information content (AvgIpc) is 3.20. The summed E-state index contributed by atoms with van der Waals surface area (Å²) in [5.41, 5.74) is 3.37. The maximum absolute atomic E-state index is 12.9. The van der Waals surface area contributed by atoms with Crippen molar-refractivity contribution in [3.05, 3.63) is 47.8 Å². The molecular weight excluding hydrogens is 478 g/mol. The van der Waals surface area contributed by atoms with Crippen molar-refractivity contribution in [1.29, 1.82) is 0 Å². The van der Waals surface area contributed by atoms with E-state index in [0.29, 0.717) is 11.6 Å². The molecule has 0 radical (unpaired) electrons. The standard InChI is InChI=1S/C26H33N5O4S/c1-3-16-35-20-12-14-30(15-13-20)22-17-21(26(32)29-36(2,33)34)27-25-23(22)24(18-8-7-9-18)28-31(25)19-10-5-4-6-11-19/h4-6,10-11,17-18,20H,3,7-9,12-16H2,1-2H3,(H,29,32). The summed E-state index contributed by atoms with van der Waals surface area (Å²) in [7, 11) is -3.74. The lowest BCUT2D eigenvalue weighted by Crippen LogP contribution is -2.37. The minimum Gasteiger partial charge on any atom is -0.378 e. The van der Waals surface area contributed by atoms with Gasteiger partial charge in [0, 0.05) is 25.6 Å². The molecule has 1 aliphatic heterocycles. The van der Waals surface area contributed by atoms with Gasteiger partial charge in [-0.15, -0.1) is 0 Å². The number of carbonyl (C=O) groups excluding carboxylic acids is 1. The Kier molecular flexibility index (Phi) is 6.98. The molecule has 0 unspecified atom stereocenters. The Morgan fingerprint density at radius 3 is 2.47 bits per heavy atom. The van der Waals surface area contributed by atoms with Crippen LogP contribution in [-0.2, 0) is 14.8 Å². The van der Waals surface area contributed by atoms with Gasteiger partial charge in [0.1, 0.15) is 5.69 Å². The largest absolute Gasteiger partial charge is 0.378 e. The summed E-state index contributed by atoms with van der Waals surface area (Å²) in [4.78, 5) is 19.9.